The summed E-state index contributed by atoms with van der Waals surface area (Å²) in [6.07, 6.45) is 0. The topological polar surface area (TPSA) is 119 Å². The standard InChI is InChI=1S/C19H16N2O4/c20-15-3-1-2-14(18(15)11-4-6-12(22)7-5-11)19(24)25-13-8-9-17(23)16(21)10-13/h1-10,22-23H,20-21H2. The van der Waals surface area contributed by atoms with E-state index < -0.39 is 5.97 Å². The van der Waals surface area contributed by atoms with Crippen molar-refractivity contribution in [2.24, 2.45) is 0 Å². The van der Waals surface area contributed by atoms with Crippen LogP contribution in [0.2, 0.25) is 0 Å². The number of rotatable bonds is 3. The maximum Gasteiger partial charge on any atom is 0.344 e. The minimum absolute atomic E-state index is 0.0893. The molecule has 0 spiro atoms. The average molecular weight is 336 g/mol. The Hall–Kier alpha value is -3.67. The first-order chi connectivity index (χ1) is 12.0. The van der Waals surface area contributed by atoms with Gasteiger partial charge in [-0.25, -0.2) is 4.79 Å². The predicted octanol–water partition coefficient (Wildman–Crippen LogP) is 3.15. The Morgan fingerprint density at radius 2 is 1.60 bits per heavy atom. The summed E-state index contributed by atoms with van der Waals surface area (Å²) in [5.74, 6) is -0.379. The number of anilines is 2. The molecule has 0 saturated carbocycles. The van der Waals surface area contributed by atoms with E-state index in [4.69, 9.17) is 16.2 Å². The number of phenols is 2. The number of carbonyl (C=O) groups is 1. The number of hydrogen-bond donors (Lipinski definition) is 4. The molecule has 0 radical (unpaired) electrons. The number of benzene rings is 3. The molecule has 3 aromatic rings. The minimum atomic E-state index is -0.611. The SMILES string of the molecule is Nc1cc(OC(=O)c2cccc(N)c2-c2ccc(O)cc2)ccc1O. The van der Waals surface area contributed by atoms with E-state index in [-0.39, 0.29) is 28.5 Å². The summed E-state index contributed by atoms with van der Waals surface area (Å²) in [6.45, 7) is 0. The van der Waals surface area contributed by atoms with E-state index in [2.05, 4.69) is 0 Å². The van der Waals surface area contributed by atoms with Gasteiger partial charge in [0.15, 0.2) is 0 Å². The van der Waals surface area contributed by atoms with Crippen molar-refractivity contribution >= 4 is 17.3 Å². The van der Waals surface area contributed by atoms with Crippen LogP contribution in [0, 0.1) is 0 Å². The van der Waals surface area contributed by atoms with Gasteiger partial charge >= 0.3 is 5.97 Å². The third-order valence-electron chi connectivity index (χ3n) is 3.68. The molecule has 0 aliphatic carbocycles. The van der Waals surface area contributed by atoms with E-state index in [1.54, 1.807) is 30.3 Å². The molecule has 0 heterocycles. The van der Waals surface area contributed by atoms with Crippen molar-refractivity contribution < 1.29 is 19.7 Å². The van der Waals surface area contributed by atoms with Gasteiger partial charge in [-0.15, -0.1) is 0 Å². The van der Waals surface area contributed by atoms with Crippen LogP contribution < -0.4 is 16.2 Å². The van der Waals surface area contributed by atoms with Crippen molar-refractivity contribution in [2.45, 2.75) is 0 Å². The van der Waals surface area contributed by atoms with Crippen LogP contribution in [0.1, 0.15) is 10.4 Å². The smallest absolute Gasteiger partial charge is 0.344 e. The van der Waals surface area contributed by atoms with Gasteiger partial charge in [0.05, 0.1) is 11.3 Å². The lowest BCUT2D eigenvalue weighted by molar-refractivity contribution is 0.0735. The average Bonchev–Trinajstić information content (AvgIpc) is 2.59. The maximum absolute atomic E-state index is 12.6. The number of carbonyl (C=O) groups excluding carboxylic acids is 1. The van der Waals surface area contributed by atoms with Crippen LogP contribution in [0.25, 0.3) is 11.1 Å². The van der Waals surface area contributed by atoms with Crippen molar-refractivity contribution in [1.82, 2.24) is 0 Å². The molecule has 0 saturated heterocycles. The number of esters is 1. The van der Waals surface area contributed by atoms with E-state index in [9.17, 15) is 15.0 Å². The number of phenolic OH excluding ortho intramolecular Hbond substituents is 2. The maximum atomic E-state index is 12.6. The van der Waals surface area contributed by atoms with Crippen LogP contribution in [0.5, 0.6) is 17.2 Å². The molecule has 0 aromatic heterocycles. The molecule has 3 aromatic carbocycles. The Bertz CT molecular complexity index is 937. The fourth-order valence-electron chi connectivity index (χ4n) is 2.45. The molecule has 0 fully saturated rings. The van der Waals surface area contributed by atoms with Crippen molar-refractivity contribution in [3.8, 4) is 28.4 Å². The highest BCUT2D eigenvalue weighted by molar-refractivity contribution is 6.01. The van der Waals surface area contributed by atoms with E-state index in [1.807, 2.05) is 0 Å². The molecule has 25 heavy (non-hydrogen) atoms. The van der Waals surface area contributed by atoms with Gasteiger partial charge in [-0.1, -0.05) is 18.2 Å². The molecule has 0 unspecified atom stereocenters. The van der Waals surface area contributed by atoms with Crippen molar-refractivity contribution in [1.29, 1.82) is 0 Å². The monoisotopic (exact) mass is 336 g/mol. The van der Waals surface area contributed by atoms with Gasteiger partial charge in [0, 0.05) is 17.3 Å². The molecule has 0 amide bonds. The first-order valence-corrected chi connectivity index (χ1v) is 7.44. The Morgan fingerprint density at radius 3 is 2.28 bits per heavy atom. The summed E-state index contributed by atoms with van der Waals surface area (Å²) >= 11 is 0. The normalized spacial score (nSPS) is 10.4. The Kier molecular flexibility index (Phi) is 4.18. The van der Waals surface area contributed by atoms with Crippen molar-refractivity contribution in [3.05, 3.63) is 66.2 Å². The van der Waals surface area contributed by atoms with Gasteiger partial charge in [0.25, 0.3) is 0 Å². The van der Waals surface area contributed by atoms with Crippen LogP contribution in [0.3, 0.4) is 0 Å². The largest absolute Gasteiger partial charge is 0.508 e. The summed E-state index contributed by atoms with van der Waals surface area (Å²) in [5, 5.41) is 18.9. The highest BCUT2D eigenvalue weighted by Crippen LogP contribution is 2.32. The fraction of sp³-hybridized carbons (Fsp3) is 0. The summed E-state index contributed by atoms with van der Waals surface area (Å²) in [6, 6.07) is 15.4. The lowest BCUT2D eigenvalue weighted by Gasteiger charge is -2.13. The van der Waals surface area contributed by atoms with Gasteiger partial charge < -0.3 is 26.4 Å². The fourth-order valence-corrected chi connectivity index (χ4v) is 2.45. The van der Waals surface area contributed by atoms with Crippen LogP contribution in [0.4, 0.5) is 11.4 Å². The van der Waals surface area contributed by atoms with Gasteiger partial charge in [-0.3, -0.25) is 0 Å². The Balaban J connectivity index is 1.99. The first kappa shape index (κ1) is 16.2. The molecule has 0 aliphatic rings. The van der Waals surface area contributed by atoms with E-state index in [0.29, 0.717) is 16.8 Å². The van der Waals surface area contributed by atoms with Crippen LogP contribution in [0.15, 0.2) is 60.7 Å². The second kappa shape index (κ2) is 6.45. The van der Waals surface area contributed by atoms with Crippen molar-refractivity contribution in [2.75, 3.05) is 11.5 Å². The number of nitrogen functional groups attached to an aromatic ring is 2. The number of aromatic hydroxyl groups is 2. The lowest BCUT2D eigenvalue weighted by atomic mass is 9.97. The first-order valence-electron chi connectivity index (χ1n) is 7.44. The highest BCUT2D eigenvalue weighted by Gasteiger charge is 2.18. The summed E-state index contributed by atoms with van der Waals surface area (Å²) in [7, 11) is 0. The summed E-state index contributed by atoms with van der Waals surface area (Å²) in [5.41, 5.74) is 13.6. The summed E-state index contributed by atoms with van der Waals surface area (Å²) < 4.78 is 5.34. The zero-order valence-electron chi connectivity index (χ0n) is 13.1. The number of nitrogens with two attached hydrogens (primary N) is 2. The molecule has 0 bridgehead atoms. The third kappa shape index (κ3) is 3.32. The second-order valence-electron chi connectivity index (χ2n) is 5.43. The third-order valence-corrected chi connectivity index (χ3v) is 3.68. The van der Waals surface area contributed by atoms with Crippen LogP contribution >= 0.6 is 0 Å². The van der Waals surface area contributed by atoms with Crippen molar-refractivity contribution in [3.63, 3.8) is 0 Å². The van der Waals surface area contributed by atoms with Gasteiger partial charge in [0.2, 0.25) is 0 Å². The zero-order valence-corrected chi connectivity index (χ0v) is 13.1. The molecule has 6 heteroatoms. The zero-order chi connectivity index (χ0) is 18.0. The molecule has 6 nitrogen and oxygen atoms in total. The van der Waals surface area contributed by atoms with Gasteiger partial charge in [0.1, 0.15) is 17.2 Å². The van der Waals surface area contributed by atoms with E-state index >= 15 is 0 Å². The molecule has 126 valence electrons. The highest BCUT2D eigenvalue weighted by atomic mass is 16.5. The Morgan fingerprint density at radius 1 is 0.880 bits per heavy atom. The molecular formula is C19H16N2O4. The van der Waals surface area contributed by atoms with Gasteiger partial charge in [-0.2, -0.15) is 0 Å². The predicted molar refractivity (Wildman–Crippen MR) is 95.4 cm³/mol. The molecule has 0 atom stereocenters. The second-order valence-corrected chi connectivity index (χ2v) is 5.43. The molecular weight excluding hydrogens is 320 g/mol. The molecule has 6 N–H and O–H groups in total. The van der Waals surface area contributed by atoms with E-state index in [1.165, 1.54) is 30.3 Å². The summed E-state index contributed by atoms with van der Waals surface area (Å²) in [4.78, 5) is 12.6. The van der Waals surface area contributed by atoms with Gasteiger partial charge in [-0.05, 0) is 42.0 Å². The van der Waals surface area contributed by atoms with Crippen LogP contribution in [-0.4, -0.2) is 16.2 Å². The van der Waals surface area contributed by atoms with E-state index in [0.717, 1.165) is 0 Å². The quantitative estimate of drug-likeness (QED) is 0.252. The lowest BCUT2D eigenvalue weighted by Crippen LogP contribution is -2.11. The Labute approximate surface area is 143 Å². The molecule has 3 rings (SSSR count). The molecule has 0 aliphatic heterocycles. The van der Waals surface area contributed by atoms with Crippen LogP contribution in [-0.2, 0) is 0 Å². The number of hydrogen-bond acceptors (Lipinski definition) is 6. The number of ether oxygens (including phenoxy) is 1. The minimum Gasteiger partial charge on any atom is -0.508 e.